The van der Waals surface area contributed by atoms with Gasteiger partial charge >= 0.3 is 35.3 Å². The van der Waals surface area contributed by atoms with E-state index < -0.39 is 16.5 Å². The van der Waals surface area contributed by atoms with Crippen molar-refractivity contribution in [3.63, 3.8) is 0 Å². The normalized spacial score (nSPS) is 8.33. The minimum atomic E-state index is -0.472. The molecule has 0 spiro atoms. The van der Waals surface area contributed by atoms with Gasteiger partial charge in [0.2, 0.25) is 0 Å². The number of halogens is 2. The van der Waals surface area contributed by atoms with E-state index in [1.54, 1.807) is 0 Å². The Balaban J connectivity index is -0.0000000569. The molecular formula is C6H19Cl2NO2Pt. The summed E-state index contributed by atoms with van der Waals surface area (Å²) in [6.07, 6.45) is 0. The van der Waals surface area contributed by atoms with E-state index in [0.717, 1.165) is 0 Å². The van der Waals surface area contributed by atoms with Crippen molar-refractivity contribution >= 4 is 18.8 Å². The van der Waals surface area contributed by atoms with Crippen LogP contribution in [0.25, 0.3) is 0 Å². The fraction of sp³-hybridized carbons (Fsp3) is 1.00. The molecule has 0 saturated heterocycles. The fourth-order valence-corrected chi connectivity index (χ4v) is 0.667. The van der Waals surface area contributed by atoms with Crippen molar-refractivity contribution in [3.8, 4) is 0 Å². The first-order valence-electron chi connectivity index (χ1n) is 3.13. The Morgan fingerprint density at radius 1 is 0.917 bits per heavy atom. The molecule has 0 fully saturated rings. The van der Waals surface area contributed by atoms with Gasteiger partial charge in [-0.2, -0.15) is 0 Å². The molecule has 0 aromatic rings. The molecule has 0 unspecified atom stereocenters. The van der Waals surface area contributed by atoms with Crippen LogP contribution in [0.2, 0.25) is 0 Å². The molecule has 5 N–H and O–H groups in total. The molecule has 0 aliphatic carbocycles. The number of rotatable bonds is 2. The van der Waals surface area contributed by atoms with E-state index in [-0.39, 0.29) is 11.0 Å². The molecule has 0 amide bonds. The van der Waals surface area contributed by atoms with Crippen LogP contribution in [0.1, 0.15) is 27.7 Å². The Bertz CT molecular complexity index is 61.5. The van der Waals surface area contributed by atoms with Crippen molar-refractivity contribution in [3.05, 3.63) is 0 Å². The second-order valence-electron chi connectivity index (χ2n) is 2.52. The van der Waals surface area contributed by atoms with E-state index >= 15 is 0 Å². The summed E-state index contributed by atoms with van der Waals surface area (Å²) in [4.78, 5) is 0. The average Bonchev–Trinajstić information content (AvgIpc) is 1.62. The van der Waals surface area contributed by atoms with E-state index in [9.17, 15) is 0 Å². The molecule has 0 rings (SSSR count). The molecule has 3 nitrogen and oxygen atoms in total. The standard InChI is InChI=1S/C6H15N.2ClH.2H2O.Pt/c1-5(2)7-6(3)4;;;;;/h5-7H,1-4H3;2*1H;2*1H2;/q;;;;;+2/p-2. The zero-order chi connectivity index (χ0) is 8.57. The predicted molar refractivity (Wildman–Crippen MR) is 52.3 cm³/mol. The molecule has 6 heteroatoms. The van der Waals surface area contributed by atoms with Gasteiger partial charge in [0.05, 0.1) is 0 Å². The van der Waals surface area contributed by atoms with Gasteiger partial charge in [-0.15, -0.1) is 0 Å². The Kier molecular flexibility index (Phi) is 34.9. The molecule has 84 valence electrons. The maximum absolute atomic E-state index is 4.88. The minimum absolute atomic E-state index is 0. The fourth-order valence-electron chi connectivity index (χ4n) is 0.667. The van der Waals surface area contributed by atoms with Crippen LogP contribution in [0.5, 0.6) is 0 Å². The SMILES string of the molecule is CC(C)NC(C)C.O.O.[Cl][Pt][Cl]. The topological polar surface area (TPSA) is 75.0 Å². The summed E-state index contributed by atoms with van der Waals surface area (Å²) in [7, 11) is 9.75. The van der Waals surface area contributed by atoms with E-state index in [1.165, 1.54) is 0 Å². The zero-order valence-electron chi connectivity index (χ0n) is 7.73. The average molecular weight is 403 g/mol. The number of nitrogens with one attached hydrogen (secondary N) is 1. The maximum atomic E-state index is 4.88. The van der Waals surface area contributed by atoms with E-state index in [4.69, 9.17) is 18.8 Å². The van der Waals surface area contributed by atoms with Crippen LogP contribution in [0, 0.1) is 0 Å². The summed E-state index contributed by atoms with van der Waals surface area (Å²) < 4.78 is 0. The molecular weight excluding hydrogens is 384 g/mol. The van der Waals surface area contributed by atoms with Crippen LogP contribution in [0.4, 0.5) is 0 Å². The summed E-state index contributed by atoms with van der Waals surface area (Å²) in [6, 6.07) is 1.25. The van der Waals surface area contributed by atoms with Crippen LogP contribution in [-0.4, -0.2) is 23.0 Å². The third kappa shape index (κ3) is 43.3. The van der Waals surface area contributed by atoms with Gasteiger partial charge in [0, 0.05) is 12.1 Å². The van der Waals surface area contributed by atoms with Crippen molar-refractivity contribution in [2.24, 2.45) is 0 Å². The Hall–Kier alpha value is 1.15. The third-order valence-electron chi connectivity index (χ3n) is 0.667. The van der Waals surface area contributed by atoms with Gasteiger partial charge < -0.3 is 16.3 Å². The van der Waals surface area contributed by atoms with Gasteiger partial charge in [-0.3, -0.25) is 0 Å². The number of hydrogen-bond acceptors (Lipinski definition) is 1. The van der Waals surface area contributed by atoms with Crippen molar-refractivity contribution in [1.29, 1.82) is 0 Å². The summed E-state index contributed by atoms with van der Waals surface area (Å²) in [6.45, 7) is 8.61. The molecule has 0 aromatic carbocycles. The van der Waals surface area contributed by atoms with E-state index in [0.29, 0.717) is 12.1 Å². The summed E-state index contributed by atoms with van der Waals surface area (Å²) in [5.41, 5.74) is 0. The van der Waals surface area contributed by atoms with Crippen molar-refractivity contribution in [2.45, 2.75) is 39.8 Å². The van der Waals surface area contributed by atoms with Crippen LogP contribution >= 0.6 is 18.8 Å². The van der Waals surface area contributed by atoms with Crippen LogP contribution in [0.15, 0.2) is 0 Å². The first-order valence-corrected chi connectivity index (χ1v) is 8.76. The second kappa shape index (κ2) is 18.0. The van der Waals surface area contributed by atoms with E-state index in [2.05, 4.69) is 33.0 Å². The van der Waals surface area contributed by atoms with Gasteiger partial charge in [0.1, 0.15) is 0 Å². The summed E-state index contributed by atoms with van der Waals surface area (Å²) in [5, 5.41) is 3.31. The van der Waals surface area contributed by atoms with E-state index in [1.807, 2.05) is 0 Å². The molecule has 0 radical (unpaired) electrons. The Labute approximate surface area is 91.2 Å². The van der Waals surface area contributed by atoms with Crippen molar-refractivity contribution in [2.75, 3.05) is 0 Å². The second-order valence-corrected chi connectivity index (χ2v) is 5.80. The van der Waals surface area contributed by atoms with Crippen LogP contribution in [0.3, 0.4) is 0 Å². The van der Waals surface area contributed by atoms with Gasteiger partial charge in [-0.25, -0.2) is 0 Å². The van der Waals surface area contributed by atoms with Gasteiger partial charge in [0.15, 0.2) is 0 Å². The Morgan fingerprint density at radius 2 is 1.08 bits per heavy atom. The molecule has 0 aliphatic rings. The van der Waals surface area contributed by atoms with Crippen molar-refractivity contribution in [1.82, 2.24) is 5.32 Å². The monoisotopic (exact) mass is 402 g/mol. The summed E-state index contributed by atoms with van der Waals surface area (Å²) >= 11 is -0.472. The molecule has 0 saturated carbocycles. The predicted octanol–water partition coefficient (Wildman–Crippen LogP) is 1.12. The quantitative estimate of drug-likeness (QED) is 0.738. The molecule has 12 heavy (non-hydrogen) atoms. The first kappa shape index (κ1) is 23.2. The van der Waals surface area contributed by atoms with Gasteiger partial charge in [0.25, 0.3) is 0 Å². The summed E-state index contributed by atoms with van der Waals surface area (Å²) in [5.74, 6) is 0. The molecule has 0 aliphatic heterocycles. The molecule has 0 bridgehead atoms. The Morgan fingerprint density at radius 3 is 1.08 bits per heavy atom. The molecule has 0 aromatic heterocycles. The zero-order valence-corrected chi connectivity index (χ0v) is 11.5. The molecule has 0 heterocycles. The number of hydrogen-bond donors (Lipinski definition) is 1. The van der Waals surface area contributed by atoms with Crippen molar-refractivity contribution < 1.29 is 27.4 Å². The van der Waals surface area contributed by atoms with Gasteiger partial charge in [-0.05, 0) is 0 Å². The third-order valence-corrected chi connectivity index (χ3v) is 0.667. The first-order chi connectivity index (χ1) is 4.54. The van der Waals surface area contributed by atoms with Gasteiger partial charge in [-0.1, -0.05) is 27.7 Å². The molecule has 0 atom stereocenters. The van der Waals surface area contributed by atoms with Crippen LogP contribution < -0.4 is 5.32 Å². The van der Waals surface area contributed by atoms with Crippen LogP contribution in [-0.2, 0) is 16.5 Å².